The smallest absolute Gasteiger partial charge is 0.251 e. The monoisotopic (exact) mass is 353 g/mol. The van der Waals surface area contributed by atoms with Crippen LogP contribution in [0.25, 0.3) is 0 Å². The predicted octanol–water partition coefficient (Wildman–Crippen LogP) is 3.13. The Bertz CT molecular complexity index is 801. The van der Waals surface area contributed by atoms with E-state index in [-0.39, 0.29) is 11.9 Å². The van der Waals surface area contributed by atoms with Gasteiger partial charge in [-0.05, 0) is 56.1 Å². The molecule has 2 bridgehead atoms. The molecule has 0 radical (unpaired) electrons. The fraction of sp³-hybridized carbons (Fsp3) is 0.368. The summed E-state index contributed by atoms with van der Waals surface area (Å²) in [5.74, 6) is 0.622. The third-order valence-electron chi connectivity index (χ3n) is 5.01. The molecular formula is C19H19N3O2S. The van der Waals surface area contributed by atoms with Gasteiger partial charge in [0.25, 0.3) is 5.91 Å². The third kappa shape index (κ3) is 3.58. The number of carbonyl (C=O) groups is 1. The summed E-state index contributed by atoms with van der Waals surface area (Å²) in [5.41, 5.74) is 1.19. The fourth-order valence-electron chi connectivity index (χ4n) is 3.60. The summed E-state index contributed by atoms with van der Waals surface area (Å²) < 4.78 is 5.32. The molecule has 1 N–H and O–H groups in total. The Morgan fingerprint density at radius 1 is 1.28 bits per heavy atom. The highest BCUT2D eigenvalue weighted by Gasteiger charge is 2.34. The second kappa shape index (κ2) is 6.95. The van der Waals surface area contributed by atoms with Crippen molar-refractivity contribution >= 4 is 17.7 Å². The van der Waals surface area contributed by atoms with Gasteiger partial charge in [0.2, 0.25) is 0 Å². The van der Waals surface area contributed by atoms with Gasteiger partial charge in [-0.1, -0.05) is 11.8 Å². The summed E-state index contributed by atoms with van der Waals surface area (Å²) in [7, 11) is 0. The van der Waals surface area contributed by atoms with Crippen molar-refractivity contribution < 1.29 is 9.21 Å². The van der Waals surface area contributed by atoms with Crippen LogP contribution in [0.15, 0.2) is 51.0 Å². The maximum absolute atomic E-state index is 12.5. The number of benzene rings is 1. The third-order valence-corrected chi connectivity index (χ3v) is 5.94. The molecule has 6 heteroatoms. The molecule has 3 aliphatic heterocycles. The van der Waals surface area contributed by atoms with Crippen LogP contribution in [-0.4, -0.2) is 36.5 Å². The van der Waals surface area contributed by atoms with Crippen molar-refractivity contribution in [1.82, 2.24) is 10.2 Å². The van der Waals surface area contributed by atoms with Gasteiger partial charge in [0, 0.05) is 29.1 Å². The van der Waals surface area contributed by atoms with E-state index in [0.29, 0.717) is 22.1 Å². The fourth-order valence-corrected chi connectivity index (χ4v) is 4.39. The number of nitrogens with zero attached hydrogens (tertiary/aromatic N) is 2. The highest BCUT2D eigenvalue weighted by Crippen LogP contribution is 2.30. The van der Waals surface area contributed by atoms with E-state index in [1.165, 1.54) is 44.0 Å². The first-order chi connectivity index (χ1) is 12.2. The number of piperidine rings is 3. The van der Waals surface area contributed by atoms with E-state index in [1.807, 2.05) is 30.3 Å². The van der Waals surface area contributed by atoms with Crippen molar-refractivity contribution in [3.63, 3.8) is 0 Å². The van der Waals surface area contributed by atoms with Crippen LogP contribution in [0.5, 0.6) is 0 Å². The molecule has 128 valence electrons. The van der Waals surface area contributed by atoms with Gasteiger partial charge in [0.05, 0.1) is 5.56 Å². The van der Waals surface area contributed by atoms with Crippen LogP contribution in [0.2, 0.25) is 0 Å². The van der Waals surface area contributed by atoms with Crippen molar-refractivity contribution in [2.75, 3.05) is 19.6 Å². The second-order valence-electron chi connectivity index (χ2n) is 6.61. The lowest BCUT2D eigenvalue weighted by atomic mass is 9.84. The second-order valence-corrected chi connectivity index (χ2v) is 7.69. The molecule has 25 heavy (non-hydrogen) atoms. The van der Waals surface area contributed by atoms with E-state index in [0.717, 1.165) is 11.4 Å². The Balaban J connectivity index is 1.38. The summed E-state index contributed by atoms with van der Waals surface area (Å²) in [5, 5.41) is 12.7. The van der Waals surface area contributed by atoms with E-state index in [2.05, 4.69) is 10.2 Å². The molecule has 0 spiro atoms. The van der Waals surface area contributed by atoms with Gasteiger partial charge >= 0.3 is 0 Å². The Morgan fingerprint density at radius 3 is 2.64 bits per heavy atom. The van der Waals surface area contributed by atoms with E-state index in [4.69, 9.17) is 9.68 Å². The number of amides is 1. The Hall–Kier alpha value is -2.23. The van der Waals surface area contributed by atoms with Crippen molar-refractivity contribution in [2.24, 2.45) is 5.92 Å². The van der Waals surface area contributed by atoms with Crippen LogP contribution in [0.1, 0.15) is 28.8 Å². The number of nitriles is 1. The Kier molecular flexibility index (Phi) is 4.51. The molecule has 5 rings (SSSR count). The summed E-state index contributed by atoms with van der Waals surface area (Å²) in [6, 6.07) is 11.5. The van der Waals surface area contributed by atoms with Crippen LogP contribution in [-0.2, 0) is 0 Å². The van der Waals surface area contributed by atoms with Crippen LogP contribution < -0.4 is 5.32 Å². The molecular weight excluding hydrogens is 334 g/mol. The number of fused-ring (bicyclic) bond motifs is 3. The van der Waals surface area contributed by atoms with Crippen molar-refractivity contribution in [3.05, 3.63) is 47.7 Å². The number of hydrogen-bond acceptors (Lipinski definition) is 5. The number of furan rings is 1. The minimum Gasteiger partial charge on any atom is -0.456 e. The zero-order chi connectivity index (χ0) is 17.2. The Morgan fingerprint density at radius 2 is 2.04 bits per heavy atom. The molecule has 0 aliphatic carbocycles. The largest absolute Gasteiger partial charge is 0.456 e. The zero-order valence-electron chi connectivity index (χ0n) is 13.8. The lowest BCUT2D eigenvalue weighted by Crippen LogP contribution is -2.57. The maximum atomic E-state index is 12.5. The normalized spacial score (nSPS) is 24.7. The highest BCUT2D eigenvalue weighted by atomic mass is 32.2. The average molecular weight is 353 g/mol. The highest BCUT2D eigenvalue weighted by molar-refractivity contribution is 7.99. The van der Waals surface area contributed by atoms with Crippen molar-refractivity contribution in [2.45, 2.75) is 28.9 Å². The first-order valence-corrected chi connectivity index (χ1v) is 9.33. The number of rotatable bonds is 4. The standard InChI is InChI=1S/C19H19N3O2S/c20-10-13-9-18(24-12-13)25-16-3-1-15(2-4-16)19(23)21-17-11-22-7-5-14(17)6-8-22/h1-4,9,12,14,17H,5-8,11H2,(H,21,23)/t17-/m0/s1. The van der Waals surface area contributed by atoms with Gasteiger partial charge in [-0.3, -0.25) is 4.79 Å². The molecule has 5 nitrogen and oxygen atoms in total. The number of hydrogen-bond donors (Lipinski definition) is 1. The van der Waals surface area contributed by atoms with E-state index in [1.54, 1.807) is 6.07 Å². The molecule has 3 fully saturated rings. The molecule has 3 aliphatic rings. The van der Waals surface area contributed by atoms with Crippen LogP contribution in [0.3, 0.4) is 0 Å². The van der Waals surface area contributed by atoms with E-state index in [9.17, 15) is 4.79 Å². The zero-order valence-corrected chi connectivity index (χ0v) is 14.6. The van der Waals surface area contributed by atoms with Gasteiger partial charge < -0.3 is 14.6 Å². The predicted molar refractivity (Wildman–Crippen MR) is 94.4 cm³/mol. The topological polar surface area (TPSA) is 69.3 Å². The minimum absolute atomic E-state index is 0.0000605. The van der Waals surface area contributed by atoms with Gasteiger partial charge in [-0.15, -0.1) is 0 Å². The van der Waals surface area contributed by atoms with E-state index >= 15 is 0 Å². The molecule has 0 saturated carbocycles. The van der Waals surface area contributed by atoms with Crippen molar-refractivity contribution in [1.29, 1.82) is 5.26 Å². The lowest BCUT2D eigenvalue weighted by molar-refractivity contribution is 0.0620. The molecule has 0 unspecified atom stereocenters. The average Bonchev–Trinajstić information content (AvgIpc) is 3.11. The lowest BCUT2D eigenvalue weighted by Gasteiger charge is -2.44. The van der Waals surface area contributed by atoms with Gasteiger partial charge in [0.15, 0.2) is 5.09 Å². The molecule has 2 aromatic rings. The van der Waals surface area contributed by atoms with Crippen LogP contribution in [0, 0.1) is 17.2 Å². The molecule has 1 aromatic carbocycles. The number of carbonyl (C=O) groups excluding carboxylic acids is 1. The minimum atomic E-state index is 0.0000605. The molecule has 1 atom stereocenters. The first kappa shape index (κ1) is 16.2. The maximum Gasteiger partial charge on any atom is 0.251 e. The van der Waals surface area contributed by atoms with Gasteiger partial charge in [0.1, 0.15) is 12.3 Å². The van der Waals surface area contributed by atoms with E-state index < -0.39 is 0 Å². The summed E-state index contributed by atoms with van der Waals surface area (Å²) in [6.07, 6.45) is 3.82. The Labute approximate surface area is 151 Å². The molecule has 3 saturated heterocycles. The molecule has 1 amide bonds. The molecule has 4 heterocycles. The SMILES string of the molecule is N#Cc1coc(Sc2ccc(C(=O)N[C@H]3CN4CCC3CC4)cc2)c1. The van der Waals surface area contributed by atoms with Crippen LogP contribution in [0.4, 0.5) is 0 Å². The van der Waals surface area contributed by atoms with Gasteiger partial charge in [-0.25, -0.2) is 0 Å². The first-order valence-electron chi connectivity index (χ1n) is 8.51. The quantitative estimate of drug-likeness (QED) is 0.914. The summed E-state index contributed by atoms with van der Waals surface area (Å²) in [6.45, 7) is 3.32. The summed E-state index contributed by atoms with van der Waals surface area (Å²) >= 11 is 1.43. The molecule has 1 aromatic heterocycles. The van der Waals surface area contributed by atoms with Crippen molar-refractivity contribution in [3.8, 4) is 6.07 Å². The summed E-state index contributed by atoms with van der Waals surface area (Å²) in [4.78, 5) is 15.9. The number of nitrogens with one attached hydrogen (secondary N) is 1. The van der Waals surface area contributed by atoms with Crippen LogP contribution >= 0.6 is 11.8 Å². The van der Waals surface area contributed by atoms with Gasteiger partial charge in [-0.2, -0.15) is 5.26 Å².